The number of carbonyl (C=O) groups is 1. The first-order valence-corrected chi connectivity index (χ1v) is 10.6. The highest BCUT2D eigenvalue weighted by Gasteiger charge is 2.27. The number of aromatic nitrogens is 3. The molecule has 2 amide bonds. The Bertz CT molecular complexity index is 1240. The Labute approximate surface area is 175 Å². The number of piperidine rings is 1. The topological polar surface area (TPSA) is 93.3 Å². The average Bonchev–Trinajstić information content (AvgIpc) is 3.38. The van der Waals surface area contributed by atoms with Gasteiger partial charge in [0.2, 0.25) is 5.13 Å². The third-order valence-electron chi connectivity index (χ3n) is 5.30. The Morgan fingerprint density at radius 2 is 1.77 bits per heavy atom. The Morgan fingerprint density at radius 1 is 1.03 bits per heavy atom. The number of carbonyl (C=O) groups excluding carboxylic acids is 1. The van der Waals surface area contributed by atoms with Crippen molar-refractivity contribution in [1.29, 1.82) is 0 Å². The van der Waals surface area contributed by atoms with E-state index in [2.05, 4.69) is 15.5 Å². The van der Waals surface area contributed by atoms with E-state index in [4.69, 9.17) is 4.42 Å². The number of hydrogen-bond donors (Lipinski definition) is 1. The normalized spacial score (nSPS) is 14.9. The van der Waals surface area contributed by atoms with Crippen LogP contribution in [0.4, 0.5) is 9.93 Å². The molecule has 1 aliphatic rings. The maximum atomic E-state index is 12.7. The molecule has 0 unspecified atom stereocenters. The number of urea groups is 1. The molecule has 152 valence electrons. The number of nitrogens with one attached hydrogen (secondary N) is 1. The second-order valence-electron chi connectivity index (χ2n) is 7.13. The lowest BCUT2D eigenvalue weighted by Gasteiger charge is -2.31. The van der Waals surface area contributed by atoms with Crippen molar-refractivity contribution in [3.63, 3.8) is 0 Å². The molecular weight excluding hydrogens is 402 g/mol. The zero-order valence-corrected chi connectivity index (χ0v) is 16.8. The van der Waals surface area contributed by atoms with Gasteiger partial charge in [0.05, 0.1) is 5.52 Å². The van der Waals surface area contributed by atoms with E-state index < -0.39 is 0 Å². The minimum Gasteiger partial charge on any atom is -0.408 e. The summed E-state index contributed by atoms with van der Waals surface area (Å²) >= 11 is 1.34. The molecule has 5 rings (SSSR count). The van der Waals surface area contributed by atoms with Crippen LogP contribution >= 0.6 is 11.3 Å². The smallest absolute Gasteiger partial charge is 0.408 e. The minimum absolute atomic E-state index is 0.0106. The SMILES string of the molecule is O=C(Nc1nnc(-c2ccccc2)s1)N1CCC(n2c(=O)oc3ccccc32)CC1. The molecule has 1 N–H and O–H groups in total. The first kappa shape index (κ1) is 18.6. The summed E-state index contributed by atoms with van der Waals surface area (Å²) in [6.45, 7) is 1.10. The lowest BCUT2D eigenvalue weighted by atomic mass is 10.0. The van der Waals surface area contributed by atoms with Gasteiger partial charge < -0.3 is 9.32 Å². The van der Waals surface area contributed by atoms with Gasteiger partial charge in [-0.1, -0.05) is 53.8 Å². The number of likely N-dealkylation sites (tertiary alicyclic amines) is 1. The maximum absolute atomic E-state index is 12.7. The van der Waals surface area contributed by atoms with Crippen molar-refractivity contribution in [3.8, 4) is 10.6 Å². The Hall–Kier alpha value is -3.46. The van der Waals surface area contributed by atoms with Crippen molar-refractivity contribution in [2.45, 2.75) is 18.9 Å². The fraction of sp³-hybridized carbons (Fsp3) is 0.238. The lowest BCUT2D eigenvalue weighted by Crippen LogP contribution is -2.42. The van der Waals surface area contributed by atoms with Gasteiger partial charge in [-0.25, -0.2) is 9.59 Å². The second-order valence-corrected chi connectivity index (χ2v) is 8.11. The standard InChI is InChI=1S/C21H19N5O3S/c27-20(22-19-24-23-18(30-19)14-6-2-1-3-7-14)25-12-10-15(11-13-25)26-16-8-4-5-9-17(16)29-21(26)28/h1-9,15H,10-13H2,(H,22,24,27). The molecule has 3 heterocycles. The molecule has 4 aromatic rings. The van der Waals surface area contributed by atoms with E-state index in [1.165, 1.54) is 11.3 Å². The molecule has 1 fully saturated rings. The molecule has 30 heavy (non-hydrogen) atoms. The van der Waals surface area contributed by atoms with Gasteiger partial charge >= 0.3 is 11.8 Å². The number of fused-ring (bicyclic) bond motifs is 1. The van der Waals surface area contributed by atoms with Gasteiger partial charge in [-0.2, -0.15) is 0 Å². The Morgan fingerprint density at radius 3 is 2.57 bits per heavy atom. The molecule has 0 atom stereocenters. The molecule has 2 aromatic carbocycles. The summed E-state index contributed by atoms with van der Waals surface area (Å²) in [7, 11) is 0. The van der Waals surface area contributed by atoms with Crippen LogP contribution in [0.15, 0.2) is 63.8 Å². The highest BCUT2D eigenvalue weighted by Crippen LogP contribution is 2.28. The van der Waals surface area contributed by atoms with E-state index in [0.29, 0.717) is 36.6 Å². The highest BCUT2D eigenvalue weighted by molar-refractivity contribution is 7.18. The van der Waals surface area contributed by atoms with Gasteiger partial charge in [-0.15, -0.1) is 10.2 Å². The van der Waals surface area contributed by atoms with Crippen LogP contribution in [0.1, 0.15) is 18.9 Å². The largest absolute Gasteiger partial charge is 0.420 e. The molecule has 0 saturated carbocycles. The first-order valence-electron chi connectivity index (χ1n) is 9.74. The predicted molar refractivity (Wildman–Crippen MR) is 115 cm³/mol. The van der Waals surface area contributed by atoms with Crippen LogP contribution in [0, 0.1) is 0 Å². The van der Waals surface area contributed by atoms with Gasteiger partial charge in [-0.3, -0.25) is 9.88 Å². The van der Waals surface area contributed by atoms with Crippen molar-refractivity contribution in [3.05, 3.63) is 65.1 Å². The summed E-state index contributed by atoms with van der Waals surface area (Å²) in [5, 5.41) is 12.3. The summed E-state index contributed by atoms with van der Waals surface area (Å²) in [6.07, 6.45) is 1.37. The van der Waals surface area contributed by atoms with E-state index in [9.17, 15) is 9.59 Å². The van der Waals surface area contributed by atoms with Gasteiger partial charge in [0.1, 0.15) is 5.01 Å². The van der Waals surface area contributed by atoms with Crippen molar-refractivity contribution < 1.29 is 9.21 Å². The molecule has 0 bridgehead atoms. The van der Waals surface area contributed by atoms with Gasteiger partial charge in [0.15, 0.2) is 5.58 Å². The monoisotopic (exact) mass is 421 g/mol. The number of rotatable bonds is 3. The Kier molecular flexibility index (Phi) is 4.80. The second kappa shape index (κ2) is 7.75. The first-order chi connectivity index (χ1) is 14.7. The quantitative estimate of drug-likeness (QED) is 0.540. The summed E-state index contributed by atoms with van der Waals surface area (Å²) < 4.78 is 7.05. The van der Waals surface area contributed by atoms with Crippen molar-refractivity contribution >= 4 is 33.6 Å². The highest BCUT2D eigenvalue weighted by atomic mass is 32.1. The third kappa shape index (κ3) is 3.48. The number of nitrogens with zero attached hydrogens (tertiary/aromatic N) is 4. The fourth-order valence-corrected chi connectivity index (χ4v) is 4.54. The van der Waals surface area contributed by atoms with Crippen LogP contribution in [0.5, 0.6) is 0 Å². The number of anilines is 1. The van der Waals surface area contributed by atoms with E-state index in [0.717, 1.165) is 16.1 Å². The van der Waals surface area contributed by atoms with Crippen LogP contribution in [0.3, 0.4) is 0 Å². The van der Waals surface area contributed by atoms with E-state index in [1.807, 2.05) is 48.5 Å². The summed E-state index contributed by atoms with van der Waals surface area (Å²) in [5.41, 5.74) is 2.36. The van der Waals surface area contributed by atoms with E-state index in [-0.39, 0.29) is 17.8 Å². The van der Waals surface area contributed by atoms with Gasteiger partial charge in [0.25, 0.3) is 0 Å². The van der Waals surface area contributed by atoms with Crippen LogP contribution < -0.4 is 11.1 Å². The lowest BCUT2D eigenvalue weighted by molar-refractivity contribution is 0.182. The molecular formula is C21H19N5O3S. The van der Waals surface area contributed by atoms with E-state index >= 15 is 0 Å². The maximum Gasteiger partial charge on any atom is 0.420 e. The summed E-state index contributed by atoms with van der Waals surface area (Å²) in [6, 6.07) is 17.0. The zero-order chi connectivity index (χ0) is 20.5. The number of para-hydroxylation sites is 2. The Balaban J connectivity index is 1.24. The summed E-state index contributed by atoms with van der Waals surface area (Å²) in [5.74, 6) is -0.346. The van der Waals surface area contributed by atoms with Crippen molar-refractivity contribution in [2.75, 3.05) is 18.4 Å². The van der Waals surface area contributed by atoms with Crippen LogP contribution in [-0.2, 0) is 0 Å². The van der Waals surface area contributed by atoms with Crippen molar-refractivity contribution in [1.82, 2.24) is 19.7 Å². The van der Waals surface area contributed by atoms with E-state index in [1.54, 1.807) is 15.5 Å². The number of hydrogen-bond acceptors (Lipinski definition) is 6. The number of amides is 2. The molecule has 1 saturated heterocycles. The molecule has 0 spiro atoms. The predicted octanol–water partition coefficient (Wildman–Crippen LogP) is 3.98. The van der Waals surface area contributed by atoms with Crippen molar-refractivity contribution in [2.24, 2.45) is 0 Å². The van der Waals surface area contributed by atoms with Gasteiger partial charge in [-0.05, 0) is 25.0 Å². The molecule has 9 heteroatoms. The zero-order valence-electron chi connectivity index (χ0n) is 16.0. The summed E-state index contributed by atoms with van der Waals surface area (Å²) in [4.78, 5) is 26.7. The molecule has 0 aliphatic carbocycles. The van der Waals surface area contributed by atoms with Crippen LogP contribution in [-0.4, -0.2) is 38.8 Å². The molecule has 1 aliphatic heterocycles. The number of oxazole rings is 1. The molecule has 0 radical (unpaired) electrons. The average molecular weight is 421 g/mol. The fourth-order valence-electron chi connectivity index (χ4n) is 3.80. The molecule has 2 aromatic heterocycles. The van der Waals surface area contributed by atoms with Gasteiger partial charge in [0, 0.05) is 24.7 Å². The van der Waals surface area contributed by atoms with Crippen LogP contribution in [0.25, 0.3) is 21.7 Å². The molecule has 8 nitrogen and oxygen atoms in total. The minimum atomic E-state index is -0.346. The number of benzene rings is 2. The third-order valence-corrected chi connectivity index (χ3v) is 6.18. The van der Waals surface area contributed by atoms with Crippen LogP contribution in [0.2, 0.25) is 0 Å².